The molecule has 0 saturated carbocycles. The first kappa shape index (κ1) is 20.1. The molecule has 2 atom stereocenters. The number of aliphatic imine (C=N–C) groups is 1. The molecule has 0 radical (unpaired) electrons. The Balaban J connectivity index is 2.00. The van der Waals surface area contributed by atoms with Crippen molar-refractivity contribution in [3.05, 3.63) is 70.5 Å². The molecule has 4 nitrogen and oxygen atoms in total. The van der Waals surface area contributed by atoms with Crippen molar-refractivity contribution in [3.8, 4) is 0 Å². The molecule has 2 aromatic rings. The first-order valence-corrected chi connectivity index (χ1v) is 8.62. The minimum atomic E-state index is -4.72. The van der Waals surface area contributed by atoms with Gasteiger partial charge >= 0.3 is 6.18 Å². The number of alkyl halides is 3. The fourth-order valence-electron chi connectivity index (χ4n) is 2.92. The monoisotopic (exact) mass is 414 g/mol. The summed E-state index contributed by atoms with van der Waals surface area (Å²) in [6.45, 7) is 1.38. The Morgan fingerprint density at radius 1 is 1.21 bits per heavy atom. The molecule has 28 heavy (non-hydrogen) atoms. The number of nitrogens with zero attached hydrogens (tertiary/aromatic N) is 1. The number of amides is 1. The molecule has 0 fully saturated rings. The van der Waals surface area contributed by atoms with Crippen LogP contribution in [0, 0.1) is 5.82 Å². The Hall–Kier alpha value is -2.61. The summed E-state index contributed by atoms with van der Waals surface area (Å²) < 4.78 is 59.0. The molecular formula is C19H15ClF4N2O2. The topological polar surface area (TPSA) is 50.7 Å². The quantitative estimate of drug-likeness (QED) is 0.715. The highest BCUT2D eigenvalue weighted by molar-refractivity contribution is 6.31. The Morgan fingerprint density at radius 3 is 2.54 bits per heavy atom. The molecule has 1 heterocycles. The molecule has 0 aromatic heterocycles. The number of ether oxygens (including phenoxy) is 1. The maximum absolute atomic E-state index is 13.9. The maximum atomic E-state index is 13.9. The standard InChI is InChI=1S/C19H15ClF4N2O2/c1-18(12-8-5-9-13(21)15(12)20)10-14(19(22,23)24)28-17(26-18)25-16(27)11-6-3-2-4-7-11/h2-9,14H,10H2,1H3,(H,25,26,27)/t14-,18-/m0/s1. The van der Waals surface area contributed by atoms with Crippen molar-refractivity contribution < 1.29 is 27.1 Å². The van der Waals surface area contributed by atoms with Crippen LogP contribution < -0.4 is 5.32 Å². The van der Waals surface area contributed by atoms with Gasteiger partial charge < -0.3 is 4.74 Å². The minimum absolute atomic E-state index is 0.0678. The van der Waals surface area contributed by atoms with Gasteiger partial charge in [0.15, 0.2) is 6.10 Å². The van der Waals surface area contributed by atoms with Crippen molar-refractivity contribution in [1.82, 2.24) is 5.32 Å². The number of rotatable bonds is 2. The lowest BCUT2D eigenvalue weighted by Crippen LogP contribution is -2.48. The predicted molar refractivity (Wildman–Crippen MR) is 95.7 cm³/mol. The minimum Gasteiger partial charge on any atom is -0.452 e. The number of carbonyl (C=O) groups excluding carboxylic acids is 1. The van der Waals surface area contributed by atoms with Gasteiger partial charge in [0.05, 0.1) is 10.6 Å². The zero-order chi connectivity index (χ0) is 20.5. The number of nitrogens with one attached hydrogen (secondary N) is 1. The van der Waals surface area contributed by atoms with Gasteiger partial charge in [0, 0.05) is 17.5 Å². The second kappa shape index (κ2) is 7.43. The van der Waals surface area contributed by atoms with Crippen LogP contribution in [0.2, 0.25) is 5.02 Å². The average molecular weight is 415 g/mol. The lowest BCUT2D eigenvalue weighted by molar-refractivity contribution is -0.208. The summed E-state index contributed by atoms with van der Waals surface area (Å²) in [4.78, 5) is 16.4. The summed E-state index contributed by atoms with van der Waals surface area (Å²) >= 11 is 5.97. The Morgan fingerprint density at radius 2 is 1.89 bits per heavy atom. The van der Waals surface area contributed by atoms with Crippen LogP contribution >= 0.6 is 11.6 Å². The zero-order valence-electron chi connectivity index (χ0n) is 14.6. The fourth-order valence-corrected chi connectivity index (χ4v) is 3.25. The van der Waals surface area contributed by atoms with E-state index in [0.717, 1.165) is 6.07 Å². The Labute approximate surface area is 163 Å². The summed E-state index contributed by atoms with van der Waals surface area (Å²) in [5.74, 6) is -1.46. The normalized spacial score (nSPS) is 22.2. The number of hydrogen-bond acceptors (Lipinski definition) is 3. The summed E-state index contributed by atoms with van der Waals surface area (Å²) in [5, 5.41) is 1.92. The molecule has 2 aromatic carbocycles. The Kier molecular flexibility index (Phi) is 5.34. The van der Waals surface area contributed by atoms with Crippen molar-refractivity contribution in [2.75, 3.05) is 0 Å². The van der Waals surface area contributed by atoms with Gasteiger partial charge in [-0.1, -0.05) is 41.9 Å². The molecule has 0 aliphatic carbocycles. The molecule has 1 aliphatic heterocycles. The van der Waals surface area contributed by atoms with Crippen molar-refractivity contribution in [3.63, 3.8) is 0 Å². The molecule has 9 heteroatoms. The Bertz CT molecular complexity index is 918. The van der Waals surface area contributed by atoms with E-state index in [1.165, 1.54) is 31.2 Å². The van der Waals surface area contributed by atoms with Gasteiger partial charge in [-0.3, -0.25) is 10.1 Å². The van der Waals surface area contributed by atoms with Crippen molar-refractivity contribution in [1.29, 1.82) is 0 Å². The van der Waals surface area contributed by atoms with E-state index in [0.29, 0.717) is 0 Å². The summed E-state index contributed by atoms with van der Waals surface area (Å²) in [6.07, 6.45) is -7.59. The van der Waals surface area contributed by atoms with E-state index in [1.807, 2.05) is 0 Å². The summed E-state index contributed by atoms with van der Waals surface area (Å²) in [6, 6.07) is 11.1. The van der Waals surface area contributed by atoms with Crippen molar-refractivity contribution in [2.45, 2.75) is 31.2 Å². The summed E-state index contributed by atoms with van der Waals surface area (Å²) in [7, 11) is 0. The number of carbonyl (C=O) groups is 1. The number of amidine groups is 1. The molecule has 1 aliphatic rings. The lowest BCUT2D eigenvalue weighted by atomic mass is 9.86. The fraction of sp³-hybridized carbons (Fsp3) is 0.263. The molecule has 0 bridgehead atoms. The van der Waals surface area contributed by atoms with Crippen LogP contribution in [-0.2, 0) is 10.3 Å². The summed E-state index contributed by atoms with van der Waals surface area (Å²) in [5.41, 5.74) is -1.27. The molecular weight excluding hydrogens is 400 g/mol. The first-order chi connectivity index (χ1) is 13.1. The van der Waals surface area contributed by atoms with Gasteiger partial charge in [0.2, 0.25) is 0 Å². The van der Waals surface area contributed by atoms with Gasteiger partial charge in [-0.05, 0) is 25.1 Å². The SMILES string of the molecule is C[C@@]1(c2cccc(F)c2Cl)C[C@@H](C(F)(F)F)OC(NC(=O)c2ccccc2)=N1. The van der Waals surface area contributed by atoms with E-state index in [4.69, 9.17) is 16.3 Å². The van der Waals surface area contributed by atoms with Crippen LogP contribution in [0.5, 0.6) is 0 Å². The molecule has 1 amide bonds. The average Bonchev–Trinajstić information content (AvgIpc) is 2.63. The van der Waals surface area contributed by atoms with Gasteiger partial charge in [0.25, 0.3) is 11.9 Å². The molecule has 148 valence electrons. The largest absolute Gasteiger partial charge is 0.452 e. The third-order valence-corrected chi connectivity index (χ3v) is 4.72. The second-order valence-electron chi connectivity index (χ2n) is 6.46. The highest BCUT2D eigenvalue weighted by Gasteiger charge is 2.50. The van der Waals surface area contributed by atoms with Crippen LogP contribution in [0.4, 0.5) is 17.6 Å². The van der Waals surface area contributed by atoms with Gasteiger partial charge in [-0.25, -0.2) is 9.38 Å². The highest BCUT2D eigenvalue weighted by Crippen LogP contribution is 2.42. The zero-order valence-corrected chi connectivity index (χ0v) is 15.3. The van der Waals surface area contributed by atoms with Gasteiger partial charge in [0.1, 0.15) is 5.82 Å². The number of hydrogen-bond donors (Lipinski definition) is 1. The van der Waals surface area contributed by atoms with E-state index in [9.17, 15) is 22.4 Å². The van der Waals surface area contributed by atoms with Gasteiger partial charge in [-0.2, -0.15) is 13.2 Å². The second-order valence-corrected chi connectivity index (χ2v) is 6.84. The van der Waals surface area contributed by atoms with Gasteiger partial charge in [-0.15, -0.1) is 0 Å². The van der Waals surface area contributed by atoms with Crippen LogP contribution in [0.25, 0.3) is 0 Å². The van der Waals surface area contributed by atoms with Crippen LogP contribution in [0.15, 0.2) is 53.5 Å². The van der Waals surface area contributed by atoms with E-state index in [-0.39, 0.29) is 16.1 Å². The number of benzene rings is 2. The number of halogens is 5. The predicted octanol–water partition coefficient (Wildman–Crippen LogP) is 4.83. The van der Waals surface area contributed by atoms with E-state index in [2.05, 4.69) is 10.3 Å². The maximum Gasteiger partial charge on any atom is 0.425 e. The molecule has 0 unspecified atom stereocenters. The molecule has 3 rings (SSSR count). The van der Waals surface area contributed by atoms with Crippen LogP contribution in [-0.4, -0.2) is 24.2 Å². The molecule has 1 N–H and O–H groups in total. The molecule has 0 spiro atoms. The first-order valence-electron chi connectivity index (χ1n) is 8.24. The van der Waals surface area contributed by atoms with E-state index >= 15 is 0 Å². The van der Waals surface area contributed by atoms with E-state index in [1.54, 1.807) is 18.2 Å². The van der Waals surface area contributed by atoms with Crippen LogP contribution in [0.3, 0.4) is 0 Å². The lowest BCUT2D eigenvalue weighted by Gasteiger charge is -2.37. The molecule has 0 saturated heterocycles. The third-order valence-electron chi connectivity index (χ3n) is 4.34. The van der Waals surface area contributed by atoms with Crippen LogP contribution in [0.1, 0.15) is 29.3 Å². The van der Waals surface area contributed by atoms with E-state index < -0.39 is 42.0 Å². The highest BCUT2D eigenvalue weighted by atomic mass is 35.5. The van der Waals surface area contributed by atoms with Crippen molar-refractivity contribution in [2.24, 2.45) is 4.99 Å². The smallest absolute Gasteiger partial charge is 0.425 e. The van der Waals surface area contributed by atoms with Crippen molar-refractivity contribution >= 4 is 23.5 Å². The third kappa shape index (κ3) is 4.11.